The monoisotopic (exact) mass is 511 g/mol. The van der Waals surface area contributed by atoms with Gasteiger partial charge in [0.15, 0.2) is 5.78 Å². The zero-order chi connectivity index (χ0) is 26.1. The van der Waals surface area contributed by atoms with E-state index in [1.165, 1.54) is 11.3 Å². The number of alkyl halides is 1. The lowest BCUT2D eigenvalue weighted by molar-refractivity contribution is 0.0992. The molecule has 38 heavy (non-hydrogen) atoms. The van der Waals surface area contributed by atoms with Crippen LogP contribution < -0.4 is 4.90 Å². The number of benzene rings is 2. The smallest absolute Gasteiger partial charge is 0.168 e. The van der Waals surface area contributed by atoms with Gasteiger partial charge in [-0.05, 0) is 48.3 Å². The van der Waals surface area contributed by atoms with Crippen molar-refractivity contribution in [3.8, 4) is 11.1 Å². The minimum absolute atomic E-state index is 0.0819. The second kappa shape index (κ2) is 10.7. The molecular formula is C31H34FN5O. The van der Waals surface area contributed by atoms with Crippen LogP contribution in [-0.4, -0.2) is 78.1 Å². The second-order valence-corrected chi connectivity index (χ2v) is 10.5. The van der Waals surface area contributed by atoms with Crippen molar-refractivity contribution in [2.45, 2.75) is 19.5 Å². The van der Waals surface area contributed by atoms with Crippen molar-refractivity contribution < 1.29 is 9.18 Å². The number of halogens is 1. The number of carbonyl (C=O) groups excluding carboxylic acids is 1. The third kappa shape index (κ3) is 5.08. The largest absolute Gasteiger partial charge is 0.369 e. The molecule has 0 spiro atoms. The van der Waals surface area contributed by atoms with E-state index in [-0.39, 0.29) is 18.9 Å². The van der Waals surface area contributed by atoms with E-state index in [2.05, 4.69) is 67.8 Å². The number of ketones is 1. The molecular weight excluding hydrogens is 477 g/mol. The standard InChI is InChI=1S/C31H34FN5O/c1-34-11-14-36(15-12-34)28-4-2-3-24(19-28)31(38)20-27-18-26-17-23(5-6-25(26)21-33-27)29-7-9-37-16-13-35(10-8-32)22-30(29)37/h2-7,9,17-19,21H,8,10-16,20,22H2,1H3. The first-order chi connectivity index (χ1) is 18.6. The van der Waals surface area contributed by atoms with Gasteiger partial charge in [0.05, 0.1) is 6.42 Å². The number of nitrogens with zero attached hydrogens (tertiary/aromatic N) is 5. The Morgan fingerprint density at radius 1 is 0.947 bits per heavy atom. The van der Waals surface area contributed by atoms with E-state index in [0.29, 0.717) is 6.54 Å². The number of anilines is 1. The molecule has 2 aliphatic heterocycles. The zero-order valence-electron chi connectivity index (χ0n) is 21.9. The quantitative estimate of drug-likeness (QED) is 0.338. The van der Waals surface area contributed by atoms with Gasteiger partial charge in [-0.2, -0.15) is 0 Å². The first-order valence-corrected chi connectivity index (χ1v) is 13.5. The summed E-state index contributed by atoms with van der Waals surface area (Å²) >= 11 is 0. The van der Waals surface area contributed by atoms with Crippen molar-refractivity contribution in [1.82, 2.24) is 19.4 Å². The summed E-state index contributed by atoms with van der Waals surface area (Å²) in [5.74, 6) is 0.0819. The second-order valence-electron chi connectivity index (χ2n) is 10.5. The number of pyridine rings is 1. The van der Waals surface area contributed by atoms with Crippen LogP contribution in [0.1, 0.15) is 21.7 Å². The molecule has 0 bridgehead atoms. The highest BCUT2D eigenvalue weighted by Gasteiger charge is 2.20. The highest BCUT2D eigenvalue weighted by Crippen LogP contribution is 2.31. The van der Waals surface area contributed by atoms with Gasteiger partial charge in [0.1, 0.15) is 6.67 Å². The minimum Gasteiger partial charge on any atom is -0.369 e. The molecule has 4 aromatic rings. The molecule has 2 aromatic carbocycles. The van der Waals surface area contributed by atoms with Gasteiger partial charge in [-0.3, -0.25) is 14.7 Å². The van der Waals surface area contributed by atoms with Crippen molar-refractivity contribution >= 4 is 22.2 Å². The molecule has 0 atom stereocenters. The molecule has 1 saturated heterocycles. The molecule has 4 heterocycles. The highest BCUT2D eigenvalue weighted by molar-refractivity contribution is 5.98. The van der Waals surface area contributed by atoms with E-state index < -0.39 is 0 Å². The van der Waals surface area contributed by atoms with Crippen molar-refractivity contribution in [1.29, 1.82) is 0 Å². The molecule has 0 N–H and O–H groups in total. The summed E-state index contributed by atoms with van der Waals surface area (Å²) in [4.78, 5) is 24.7. The predicted octanol–water partition coefficient (Wildman–Crippen LogP) is 4.67. The van der Waals surface area contributed by atoms with Gasteiger partial charge in [0.2, 0.25) is 0 Å². The molecule has 196 valence electrons. The summed E-state index contributed by atoms with van der Waals surface area (Å²) in [5.41, 5.74) is 6.17. The van der Waals surface area contributed by atoms with Crippen LogP contribution in [0.2, 0.25) is 0 Å². The normalized spacial score (nSPS) is 16.6. The number of piperazine rings is 1. The van der Waals surface area contributed by atoms with Crippen LogP contribution in [0.25, 0.3) is 21.9 Å². The molecule has 0 unspecified atom stereocenters. The lowest BCUT2D eigenvalue weighted by Gasteiger charge is -2.34. The average molecular weight is 512 g/mol. The number of aromatic nitrogens is 2. The first-order valence-electron chi connectivity index (χ1n) is 13.5. The maximum Gasteiger partial charge on any atom is 0.168 e. The fraction of sp³-hybridized carbons (Fsp3) is 0.355. The van der Waals surface area contributed by atoms with E-state index in [1.807, 2.05) is 30.5 Å². The SMILES string of the molecule is CN1CCN(c2cccc(C(=O)Cc3cc4cc(-c5ccn6c5CN(CCF)CC6)ccc4cn3)c2)CC1. The van der Waals surface area contributed by atoms with Gasteiger partial charge < -0.3 is 14.4 Å². The number of fused-ring (bicyclic) bond motifs is 2. The van der Waals surface area contributed by atoms with Crippen LogP contribution in [0.15, 0.2) is 67.0 Å². The predicted molar refractivity (Wildman–Crippen MR) is 151 cm³/mol. The summed E-state index contributed by atoms with van der Waals surface area (Å²) in [6.45, 7) is 6.69. The van der Waals surface area contributed by atoms with Crippen molar-refractivity contribution in [2.75, 3.05) is 57.9 Å². The molecule has 2 aromatic heterocycles. The van der Waals surface area contributed by atoms with E-state index in [9.17, 15) is 9.18 Å². The van der Waals surface area contributed by atoms with Crippen molar-refractivity contribution in [2.24, 2.45) is 0 Å². The van der Waals surface area contributed by atoms with Crippen LogP contribution in [0.4, 0.5) is 10.1 Å². The number of carbonyl (C=O) groups is 1. The molecule has 6 rings (SSSR count). The van der Waals surface area contributed by atoms with Crippen LogP contribution in [0.5, 0.6) is 0 Å². The number of Topliss-reactive ketones (excluding diaryl/α,β-unsaturated/α-hetero) is 1. The van der Waals surface area contributed by atoms with Gasteiger partial charge in [-0.15, -0.1) is 0 Å². The lowest BCUT2D eigenvalue weighted by Crippen LogP contribution is -2.44. The Hall–Kier alpha value is -3.55. The first kappa shape index (κ1) is 24.8. The summed E-state index contributed by atoms with van der Waals surface area (Å²) in [7, 11) is 2.14. The van der Waals surface area contributed by atoms with Gasteiger partial charge in [0.25, 0.3) is 0 Å². The Morgan fingerprint density at radius 2 is 1.82 bits per heavy atom. The third-order valence-corrected chi connectivity index (χ3v) is 7.98. The van der Waals surface area contributed by atoms with Crippen LogP contribution in [0, 0.1) is 0 Å². The minimum atomic E-state index is -0.319. The summed E-state index contributed by atoms with van der Waals surface area (Å²) in [6.07, 6.45) is 4.27. The number of hydrogen-bond acceptors (Lipinski definition) is 5. The average Bonchev–Trinajstić information content (AvgIpc) is 3.37. The van der Waals surface area contributed by atoms with Crippen molar-refractivity contribution in [3.05, 3.63) is 83.9 Å². The maximum absolute atomic E-state index is 13.2. The number of likely N-dealkylation sites (N-methyl/N-ethyl adjacent to an activating group) is 1. The third-order valence-electron chi connectivity index (χ3n) is 7.98. The molecule has 7 heteroatoms. The molecule has 0 amide bonds. The van der Waals surface area contributed by atoms with E-state index in [0.717, 1.165) is 79.1 Å². The van der Waals surface area contributed by atoms with Gasteiger partial charge in [0, 0.05) is 98.3 Å². The van der Waals surface area contributed by atoms with E-state index >= 15 is 0 Å². The fourth-order valence-corrected chi connectivity index (χ4v) is 5.66. The van der Waals surface area contributed by atoms with E-state index in [1.54, 1.807) is 0 Å². The van der Waals surface area contributed by atoms with Crippen molar-refractivity contribution in [3.63, 3.8) is 0 Å². The Morgan fingerprint density at radius 3 is 2.66 bits per heavy atom. The van der Waals surface area contributed by atoms with E-state index in [4.69, 9.17) is 0 Å². The highest BCUT2D eigenvalue weighted by atomic mass is 19.1. The molecule has 0 saturated carbocycles. The maximum atomic E-state index is 13.2. The fourth-order valence-electron chi connectivity index (χ4n) is 5.66. The molecule has 2 aliphatic rings. The topological polar surface area (TPSA) is 44.6 Å². The van der Waals surface area contributed by atoms with Crippen LogP contribution in [-0.2, 0) is 19.5 Å². The van der Waals surface area contributed by atoms with Crippen LogP contribution in [0.3, 0.4) is 0 Å². The van der Waals surface area contributed by atoms with Gasteiger partial charge in [-0.25, -0.2) is 4.39 Å². The summed E-state index contributed by atoms with van der Waals surface area (Å²) in [5, 5.41) is 2.12. The molecule has 0 radical (unpaired) electrons. The lowest BCUT2D eigenvalue weighted by atomic mass is 10.00. The Balaban J connectivity index is 1.22. The Kier molecular flexibility index (Phi) is 6.96. The Labute approximate surface area is 223 Å². The molecule has 6 nitrogen and oxygen atoms in total. The number of hydrogen-bond donors (Lipinski definition) is 0. The van der Waals surface area contributed by atoms with Crippen LogP contribution >= 0.6 is 0 Å². The van der Waals surface area contributed by atoms with Gasteiger partial charge >= 0.3 is 0 Å². The molecule has 1 fully saturated rings. The zero-order valence-corrected chi connectivity index (χ0v) is 21.9. The molecule has 0 aliphatic carbocycles. The number of rotatable bonds is 7. The van der Waals surface area contributed by atoms with Gasteiger partial charge in [-0.1, -0.05) is 24.3 Å². The summed E-state index contributed by atoms with van der Waals surface area (Å²) < 4.78 is 15.2. The Bertz CT molecular complexity index is 1460. The summed E-state index contributed by atoms with van der Waals surface area (Å²) in [6, 6.07) is 18.6.